The lowest BCUT2D eigenvalue weighted by Gasteiger charge is -2.06. The minimum Gasteiger partial charge on any atom is -0.465 e. The summed E-state index contributed by atoms with van der Waals surface area (Å²) >= 11 is 22.9. The number of ether oxygens (including phenoxy) is 1. The Labute approximate surface area is 101 Å². The highest BCUT2D eigenvalue weighted by Crippen LogP contribution is 2.38. The third-order valence-electron chi connectivity index (χ3n) is 1.51. The topological polar surface area (TPSA) is 26.3 Å². The molecule has 0 saturated carbocycles. The van der Waals surface area contributed by atoms with Gasteiger partial charge in [0, 0.05) is 0 Å². The zero-order chi connectivity index (χ0) is 10.9. The number of rotatable bonds is 1. The zero-order valence-electron chi connectivity index (χ0n) is 6.91. The molecule has 6 heteroatoms. The van der Waals surface area contributed by atoms with E-state index in [2.05, 4.69) is 4.74 Å². The van der Waals surface area contributed by atoms with Crippen molar-refractivity contribution in [2.24, 2.45) is 0 Å². The summed E-state index contributed by atoms with van der Waals surface area (Å²) < 4.78 is 4.48. The lowest BCUT2D eigenvalue weighted by atomic mass is 10.2. The SMILES string of the molecule is COC(=O)c1cc(Cl)c(Cl)c(Cl)c1Cl. The number of esters is 1. The van der Waals surface area contributed by atoms with E-state index in [1.165, 1.54) is 13.2 Å². The number of methoxy groups -OCH3 is 1. The van der Waals surface area contributed by atoms with E-state index in [1.807, 2.05) is 0 Å². The Morgan fingerprint density at radius 1 is 1.14 bits per heavy atom. The molecule has 1 aromatic carbocycles. The van der Waals surface area contributed by atoms with Crippen LogP contribution in [0.4, 0.5) is 0 Å². The second-order valence-corrected chi connectivity index (χ2v) is 3.88. The highest BCUT2D eigenvalue weighted by molar-refractivity contribution is 6.52. The first-order valence-corrected chi connectivity index (χ1v) is 4.91. The first-order chi connectivity index (χ1) is 6.49. The van der Waals surface area contributed by atoms with Gasteiger partial charge in [-0.3, -0.25) is 0 Å². The molecule has 0 amide bonds. The molecule has 0 aliphatic heterocycles. The molecular formula is C8H4Cl4O2. The maximum atomic E-state index is 11.2. The van der Waals surface area contributed by atoms with Crippen molar-refractivity contribution >= 4 is 52.4 Å². The van der Waals surface area contributed by atoms with E-state index in [1.54, 1.807) is 0 Å². The predicted octanol–water partition coefficient (Wildman–Crippen LogP) is 4.09. The minimum absolute atomic E-state index is 0.0351. The van der Waals surface area contributed by atoms with Gasteiger partial charge in [-0.2, -0.15) is 0 Å². The molecule has 0 atom stereocenters. The van der Waals surface area contributed by atoms with Crippen molar-refractivity contribution in [1.82, 2.24) is 0 Å². The molecule has 0 heterocycles. The fourth-order valence-electron chi connectivity index (χ4n) is 0.831. The van der Waals surface area contributed by atoms with Gasteiger partial charge in [-0.15, -0.1) is 0 Å². The van der Waals surface area contributed by atoms with Gasteiger partial charge < -0.3 is 4.74 Å². The van der Waals surface area contributed by atoms with E-state index in [9.17, 15) is 4.79 Å². The standard InChI is InChI=1S/C8H4Cl4O2/c1-14-8(13)3-2-4(9)6(11)7(12)5(3)10/h2H,1H3. The van der Waals surface area contributed by atoms with Crippen LogP contribution >= 0.6 is 46.4 Å². The van der Waals surface area contributed by atoms with Crippen LogP contribution in [0.3, 0.4) is 0 Å². The van der Waals surface area contributed by atoms with E-state index in [0.717, 1.165) is 0 Å². The Morgan fingerprint density at radius 2 is 1.71 bits per heavy atom. The second kappa shape index (κ2) is 4.58. The Balaban J connectivity index is 3.40. The summed E-state index contributed by atoms with van der Waals surface area (Å²) in [4.78, 5) is 11.2. The van der Waals surface area contributed by atoms with E-state index in [-0.39, 0.29) is 25.7 Å². The van der Waals surface area contributed by atoms with Gasteiger partial charge in [-0.25, -0.2) is 4.79 Å². The molecule has 1 rings (SSSR count). The molecular weight excluding hydrogens is 270 g/mol. The van der Waals surface area contributed by atoms with Crippen LogP contribution in [-0.4, -0.2) is 13.1 Å². The fourth-order valence-corrected chi connectivity index (χ4v) is 1.71. The van der Waals surface area contributed by atoms with Crippen molar-refractivity contribution in [2.45, 2.75) is 0 Å². The summed E-state index contributed by atoms with van der Waals surface area (Å²) in [5.74, 6) is -0.615. The average molecular weight is 274 g/mol. The van der Waals surface area contributed by atoms with E-state index >= 15 is 0 Å². The van der Waals surface area contributed by atoms with Gasteiger partial charge in [0.1, 0.15) is 0 Å². The molecule has 0 unspecified atom stereocenters. The van der Waals surface area contributed by atoms with E-state index in [4.69, 9.17) is 46.4 Å². The highest BCUT2D eigenvalue weighted by atomic mass is 35.5. The molecule has 1 aromatic rings. The summed E-state index contributed by atoms with van der Waals surface area (Å²) in [5, 5.41) is 0.349. The molecule has 0 radical (unpaired) electrons. The molecule has 14 heavy (non-hydrogen) atoms. The number of hydrogen-bond acceptors (Lipinski definition) is 2. The fraction of sp³-hybridized carbons (Fsp3) is 0.125. The number of halogens is 4. The molecule has 0 N–H and O–H groups in total. The van der Waals surface area contributed by atoms with Gasteiger partial charge >= 0.3 is 5.97 Å². The molecule has 0 saturated heterocycles. The highest BCUT2D eigenvalue weighted by Gasteiger charge is 2.18. The molecule has 0 aromatic heterocycles. The van der Waals surface area contributed by atoms with Crippen LogP contribution in [0.5, 0.6) is 0 Å². The van der Waals surface area contributed by atoms with Gasteiger partial charge in [0.15, 0.2) is 0 Å². The minimum atomic E-state index is -0.615. The lowest BCUT2D eigenvalue weighted by Crippen LogP contribution is -2.02. The Hall–Kier alpha value is -0.150. The van der Waals surface area contributed by atoms with Crippen molar-refractivity contribution in [3.8, 4) is 0 Å². The van der Waals surface area contributed by atoms with E-state index in [0.29, 0.717) is 0 Å². The number of carbonyl (C=O) groups excluding carboxylic acids is 1. The lowest BCUT2D eigenvalue weighted by molar-refractivity contribution is 0.0601. The quantitative estimate of drug-likeness (QED) is 0.438. The van der Waals surface area contributed by atoms with Crippen LogP contribution in [0.25, 0.3) is 0 Å². The van der Waals surface area contributed by atoms with Crippen LogP contribution in [-0.2, 0) is 4.74 Å². The molecule has 0 fully saturated rings. The molecule has 0 aliphatic carbocycles. The third-order valence-corrected chi connectivity index (χ3v) is 3.26. The Morgan fingerprint density at radius 3 is 2.21 bits per heavy atom. The van der Waals surface area contributed by atoms with Crippen LogP contribution in [0.15, 0.2) is 6.07 Å². The van der Waals surface area contributed by atoms with Crippen LogP contribution in [0.2, 0.25) is 20.1 Å². The number of hydrogen-bond donors (Lipinski definition) is 0. The largest absolute Gasteiger partial charge is 0.465 e. The van der Waals surface area contributed by atoms with Crippen molar-refractivity contribution in [3.63, 3.8) is 0 Å². The zero-order valence-corrected chi connectivity index (χ0v) is 9.93. The van der Waals surface area contributed by atoms with Crippen molar-refractivity contribution in [1.29, 1.82) is 0 Å². The Kier molecular flexibility index (Phi) is 3.90. The monoisotopic (exact) mass is 272 g/mol. The van der Waals surface area contributed by atoms with Gasteiger partial charge in [-0.1, -0.05) is 46.4 Å². The normalized spacial score (nSPS) is 10.1. The van der Waals surface area contributed by atoms with Gasteiger partial charge in [0.2, 0.25) is 0 Å². The number of benzene rings is 1. The van der Waals surface area contributed by atoms with Crippen LogP contribution in [0.1, 0.15) is 10.4 Å². The van der Waals surface area contributed by atoms with Crippen LogP contribution < -0.4 is 0 Å². The maximum absolute atomic E-state index is 11.2. The third kappa shape index (κ3) is 2.09. The van der Waals surface area contributed by atoms with Gasteiger partial charge in [0.05, 0.1) is 32.8 Å². The van der Waals surface area contributed by atoms with Crippen LogP contribution in [0, 0.1) is 0 Å². The molecule has 0 aliphatic rings. The summed E-state index contributed by atoms with van der Waals surface area (Å²) in [5.41, 5.74) is 0.0913. The smallest absolute Gasteiger partial charge is 0.339 e. The van der Waals surface area contributed by atoms with Gasteiger partial charge in [-0.05, 0) is 6.07 Å². The molecule has 0 spiro atoms. The number of carbonyl (C=O) groups is 1. The molecule has 2 nitrogen and oxygen atoms in total. The van der Waals surface area contributed by atoms with Crippen molar-refractivity contribution < 1.29 is 9.53 Å². The maximum Gasteiger partial charge on any atom is 0.339 e. The summed E-state index contributed by atoms with van der Waals surface area (Å²) in [6.07, 6.45) is 0. The first kappa shape index (κ1) is 11.9. The summed E-state index contributed by atoms with van der Waals surface area (Å²) in [6, 6.07) is 1.31. The Bertz CT molecular complexity index is 389. The van der Waals surface area contributed by atoms with Crippen molar-refractivity contribution in [2.75, 3.05) is 7.11 Å². The van der Waals surface area contributed by atoms with Gasteiger partial charge in [0.25, 0.3) is 0 Å². The molecule has 0 bridgehead atoms. The second-order valence-electron chi connectivity index (χ2n) is 2.34. The summed E-state index contributed by atoms with van der Waals surface area (Å²) in [7, 11) is 1.23. The molecule has 76 valence electrons. The van der Waals surface area contributed by atoms with E-state index < -0.39 is 5.97 Å². The first-order valence-electron chi connectivity index (χ1n) is 3.40. The average Bonchev–Trinajstić information content (AvgIpc) is 2.19. The van der Waals surface area contributed by atoms with Crippen molar-refractivity contribution in [3.05, 3.63) is 31.7 Å². The summed E-state index contributed by atoms with van der Waals surface area (Å²) in [6.45, 7) is 0. The predicted molar refractivity (Wildman–Crippen MR) is 57.8 cm³/mol.